The van der Waals surface area contributed by atoms with Gasteiger partial charge in [-0.05, 0) is 25.0 Å². The van der Waals surface area contributed by atoms with Crippen LogP contribution in [0.5, 0.6) is 0 Å². The van der Waals surface area contributed by atoms with E-state index in [1.54, 1.807) is 24.3 Å². The first-order valence-electron chi connectivity index (χ1n) is 5.73. The zero-order valence-corrected chi connectivity index (χ0v) is 11.9. The normalized spacial score (nSPS) is 19.4. The minimum atomic E-state index is -3.39. The van der Waals surface area contributed by atoms with E-state index in [4.69, 9.17) is 0 Å². The highest BCUT2D eigenvalue weighted by Crippen LogP contribution is 2.32. The molecule has 0 saturated heterocycles. The number of hydrogen-bond acceptors (Lipinski definition) is 2. The Hall–Kier alpha value is -0.390. The van der Waals surface area contributed by atoms with Gasteiger partial charge in [-0.25, -0.2) is 13.1 Å². The predicted octanol–water partition coefficient (Wildman–Crippen LogP) is 2.67. The standard InChI is InChI=1S/C12H16BrNO2S/c13-10-12(8-4-5-9-12)14-17(15,16)11-6-2-1-3-7-11/h1-3,6-7,14H,4-5,8-10H2. The molecule has 3 nitrogen and oxygen atoms in total. The van der Waals surface area contributed by atoms with Crippen LogP contribution >= 0.6 is 15.9 Å². The van der Waals surface area contributed by atoms with Crippen LogP contribution in [0.15, 0.2) is 35.2 Å². The molecule has 0 radical (unpaired) electrons. The minimum Gasteiger partial charge on any atom is -0.207 e. The van der Waals surface area contributed by atoms with Gasteiger partial charge in [0.05, 0.1) is 4.90 Å². The molecule has 5 heteroatoms. The Morgan fingerprint density at radius 2 is 1.76 bits per heavy atom. The third kappa shape index (κ3) is 2.89. The number of nitrogens with one attached hydrogen (secondary N) is 1. The Kier molecular flexibility index (Phi) is 3.90. The number of halogens is 1. The van der Waals surface area contributed by atoms with Gasteiger partial charge in [-0.1, -0.05) is 47.0 Å². The van der Waals surface area contributed by atoms with Crippen molar-refractivity contribution in [3.05, 3.63) is 30.3 Å². The van der Waals surface area contributed by atoms with Crippen molar-refractivity contribution in [1.82, 2.24) is 4.72 Å². The van der Waals surface area contributed by atoms with Crippen LogP contribution in [-0.4, -0.2) is 19.3 Å². The molecule has 2 rings (SSSR count). The maximum Gasteiger partial charge on any atom is 0.241 e. The summed E-state index contributed by atoms with van der Waals surface area (Å²) < 4.78 is 27.3. The van der Waals surface area contributed by atoms with E-state index in [-0.39, 0.29) is 5.54 Å². The summed E-state index contributed by atoms with van der Waals surface area (Å²) >= 11 is 3.43. The van der Waals surface area contributed by atoms with E-state index >= 15 is 0 Å². The summed E-state index contributed by atoms with van der Waals surface area (Å²) in [4.78, 5) is 0.340. The average molecular weight is 318 g/mol. The lowest BCUT2D eigenvalue weighted by molar-refractivity contribution is 0.438. The lowest BCUT2D eigenvalue weighted by Gasteiger charge is -2.27. The molecule has 1 aromatic rings. The molecule has 1 aromatic carbocycles. The molecule has 0 heterocycles. The fourth-order valence-corrected chi connectivity index (χ4v) is 4.62. The van der Waals surface area contributed by atoms with Gasteiger partial charge in [0.1, 0.15) is 0 Å². The summed E-state index contributed by atoms with van der Waals surface area (Å²) in [6.45, 7) is 0. The summed E-state index contributed by atoms with van der Waals surface area (Å²) in [6.07, 6.45) is 3.99. The molecule has 0 atom stereocenters. The van der Waals surface area contributed by atoms with Crippen molar-refractivity contribution in [1.29, 1.82) is 0 Å². The first-order valence-corrected chi connectivity index (χ1v) is 8.33. The molecular weight excluding hydrogens is 302 g/mol. The Bertz CT molecular complexity index is 467. The Labute approximate surface area is 111 Å². The molecule has 1 aliphatic carbocycles. The lowest BCUT2D eigenvalue weighted by Crippen LogP contribution is -2.47. The lowest BCUT2D eigenvalue weighted by atomic mass is 10.0. The number of rotatable bonds is 4. The van der Waals surface area contributed by atoms with Crippen LogP contribution in [0, 0.1) is 0 Å². The Balaban J connectivity index is 2.23. The molecule has 1 N–H and O–H groups in total. The smallest absolute Gasteiger partial charge is 0.207 e. The van der Waals surface area contributed by atoms with Crippen molar-refractivity contribution in [2.45, 2.75) is 36.1 Å². The van der Waals surface area contributed by atoms with Crippen molar-refractivity contribution in [3.63, 3.8) is 0 Å². The van der Waals surface area contributed by atoms with E-state index in [0.717, 1.165) is 25.7 Å². The molecule has 94 valence electrons. The highest BCUT2D eigenvalue weighted by molar-refractivity contribution is 9.09. The van der Waals surface area contributed by atoms with Crippen LogP contribution in [0.2, 0.25) is 0 Å². The van der Waals surface area contributed by atoms with Gasteiger partial charge in [-0.3, -0.25) is 0 Å². The predicted molar refractivity (Wildman–Crippen MR) is 71.8 cm³/mol. The maximum absolute atomic E-state index is 12.2. The topological polar surface area (TPSA) is 46.2 Å². The van der Waals surface area contributed by atoms with E-state index in [9.17, 15) is 8.42 Å². The fraction of sp³-hybridized carbons (Fsp3) is 0.500. The number of benzene rings is 1. The SMILES string of the molecule is O=S(=O)(NC1(CBr)CCCC1)c1ccccc1. The number of sulfonamides is 1. The Morgan fingerprint density at radius 1 is 1.18 bits per heavy atom. The number of alkyl halides is 1. The molecule has 1 saturated carbocycles. The second-order valence-electron chi connectivity index (χ2n) is 4.54. The molecular formula is C12H16BrNO2S. The molecule has 17 heavy (non-hydrogen) atoms. The third-order valence-corrected chi connectivity index (χ3v) is 5.89. The highest BCUT2D eigenvalue weighted by atomic mass is 79.9. The molecule has 0 unspecified atom stereocenters. The molecule has 0 aliphatic heterocycles. The second-order valence-corrected chi connectivity index (χ2v) is 6.78. The maximum atomic E-state index is 12.2. The van der Waals surface area contributed by atoms with Gasteiger partial charge in [0.25, 0.3) is 0 Å². The first kappa shape index (κ1) is 13.1. The molecule has 0 amide bonds. The van der Waals surface area contributed by atoms with Crippen molar-refractivity contribution >= 4 is 26.0 Å². The first-order chi connectivity index (χ1) is 8.08. The zero-order chi connectivity index (χ0) is 12.4. The molecule has 0 spiro atoms. The average Bonchev–Trinajstić information content (AvgIpc) is 2.79. The molecule has 0 aromatic heterocycles. The van der Waals surface area contributed by atoms with Gasteiger partial charge >= 0.3 is 0 Å². The Morgan fingerprint density at radius 3 is 2.29 bits per heavy atom. The van der Waals surface area contributed by atoms with Gasteiger partial charge in [0.2, 0.25) is 10.0 Å². The van der Waals surface area contributed by atoms with Crippen molar-refractivity contribution in [3.8, 4) is 0 Å². The summed E-state index contributed by atoms with van der Waals surface area (Å²) in [6, 6.07) is 8.54. The molecule has 1 fully saturated rings. The third-order valence-electron chi connectivity index (χ3n) is 3.22. The monoisotopic (exact) mass is 317 g/mol. The van der Waals surface area contributed by atoms with Crippen molar-refractivity contribution < 1.29 is 8.42 Å². The van der Waals surface area contributed by atoms with Crippen LogP contribution in [0.1, 0.15) is 25.7 Å². The van der Waals surface area contributed by atoms with Crippen LogP contribution in [0.25, 0.3) is 0 Å². The van der Waals surface area contributed by atoms with Crippen molar-refractivity contribution in [2.24, 2.45) is 0 Å². The van der Waals surface area contributed by atoms with E-state index in [2.05, 4.69) is 20.7 Å². The molecule has 1 aliphatic rings. The highest BCUT2D eigenvalue weighted by Gasteiger charge is 2.36. The van der Waals surface area contributed by atoms with Crippen molar-refractivity contribution in [2.75, 3.05) is 5.33 Å². The number of hydrogen-bond donors (Lipinski definition) is 1. The van der Waals surface area contributed by atoms with Gasteiger partial charge in [-0.15, -0.1) is 0 Å². The van der Waals surface area contributed by atoms with E-state index in [0.29, 0.717) is 10.2 Å². The van der Waals surface area contributed by atoms with Gasteiger partial charge in [0.15, 0.2) is 0 Å². The van der Waals surface area contributed by atoms with Crippen LogP contribution < -0.4 is 4.72 Å². The van der Waals surface area contributed by atoms with Crippen LogP contribution in [0.3, 0.4) is 0 Å². The summed E-state index contributed by atoms with van der Waals surface area (Å²) in [5.74, 6) is 0. The molecule has 0 bridgehead atoms. The largest absolute Gasteiger partial charge is 0.241 e. The van der Waals surface area contributed by atoms with E-state index in [1.165, 1.54) is 0 Å². The minimum absolute atomic E-state index is 0.297. The summed E-state index contributed by atoms with van der Waals surface area (Å²) in [7, 11) is -3.39. The van der Waals surface area contributed by atoms with E-state index in [1.807, 2.05) is 6.07 Å². The zero-order valence-electron chi connectivity index (χ0n) is 9.52. The van der Waals surface area contributed by atoms with Crippen LogP contribution in [0.4, 0.5) is 0 Å². The van der Waals surface area contributed by atoms with Crippen LogP contribution in [-0.2, 0) is 10.0 Å². The van der Waals surface area contributed by atoms with Gasteiger partial charge < -0.3 is 0 Å². The second kappa shape index (κ2) is 5.08. The van der Waals surface area contributed by atoms with E-state index < -0.39 is 10.0 Å². The van der Waals surface area contributed by atoms with Gasteiger partial charge in [0, 0.05) is 10.9 Å². The van der Waals surface area contributed by atoms with Gasteiger partial charge in [-0.2, -0.15) is 0 Å². The summed E-state index contributed by atoms with van der Waals surface area (Å²) in [5, 5.41) is 0.673. The summed E-state index contributed by atoms with van der Waals surface area (Å²) in [5.41, 5.74) is -0.297. The fourth-order valence-electron chi connectivity index (χ4n) is 2.26. The quantitative estimate of drug-likeness (QED) is 0.868.